The first-order valence-corrected chi connectivity index (χ1v) is 7.09. The molecule has 3 rings (SSSR count). The van der Waals surface area contributed by atoms with Gasteiger partial charge in [-0.2, -0.15) is 0 Å². The summed E-state index contributed by atoms with van der Waals surface area (Å²) in [5, 5.41) is 12.0. The number of nitrogens with one attached hydrogen (secondary N) is 1. The highest BCUT2D eigenvalue weighted by molar-refractivity contribution is 5.88. The summed E-state index contributed by atoms with van der Waals surface area (Å²) in [4.78, 5) is 25.0. The summed E-state index contributed by atoms with van der Waals surface area (Å²) >= 11 is 0. The lowest BCUT2D eigenvalue weighted by Crippen LogP contribution is -2.64. The predicted molar refractivity (Wildman–Crippen MR) is 75.3 cm³/mol. The Morgan fingerprint density at radius 3 is 3.00 bits per heavy atom. The van der Waals surface area contributed by atoms with Gasteiger partial charge >= 0.3 is 12.0 Å². The molecule has 2 unspecified atom stereocenters. The molecule has 6 heteroatoms. The van der Waals surface area contributed by atoms with E-state index in [4.69, 9.17) is 9.84 Å². The van der Waals surface area contributed by atoms with Crippen LogP contribution in [0.2, 0.25) is 0 Å². The molecule has 0 radical (unpaired) electrons. The van der Waals surface area contributed by atoms with Crippen LogP contribution in [-0.2, 0) is 0 Å². The molecule has 2 bridgehead atoms. The number of fused-ring (bicyclic) bond motifs is 4. The third-order valence-corrected chi connectivity index (χ3v) is 4.11. The number of rotatable bonds is 3. The maximum atomic E-state index is 12.3. The van der Waals surface area contributed by atoms with Crippen LogP contribution in [0.25, 0.3) is 0 Å². The highest BCUT2D eigenvalue weighted by Gasteiger charge is 2.48. The summed E-state index contributed by atoms with van der Waals surface area (Å²) in [6.45, 7) is 4.54. The Balaban J connectivity index is 2.02. The number of benzene rings is 1. The first-order valence-electron chi connectivity index (χ1n) is 7.09. The van der Waals surface area contributed by atoms with Crippen molar-refractivity contribution >= 4 is 12.0 Å². The molecule has 2 N–H and O–H groups in total. The van der Waals surface area contributed by atoms with Gasteiger partial charge < -0.3 is 15.2 Å². The number of hydrogen-bond donors (Lipinski definition) is 2. The van der Waals surface area contributed by atoms with Crippen molar-refractivity contribution < 1.29 is 19.4 Å². The van der Waals surface area contributed by atoms with Gasteiger partial charge in [-0.25, -0.2) is 9.59 Å². The van der Waals surface area contributed by atoms with Gasteiger partial charge in [-0.1, -0.05) is 6.92 Å². The topological polar surface area (TPSA) is 78.9 Å². The van der Waals surface area contributed by atoms with Crippen molar-refractivity contribution in [2.45, 2.75) is 38.5 Å². The standard InChI is InChI=1S/C15H18N2O4/c1-3-6-17-14(20)16-11-8-15(17,2)21-12-5-4-9(13(18)19)7-10(11)12/h4-5,7,11H,3,6,8H2,1-2H3,(H,16,20)(H,18,19). The number of hydrogen-bond acceptors (Lipinski definition) is 3. The van der Waals surface area contributed by atoms with Crippen molar-refractivity contribution in [2.75, 3.05) is 6.54 Å². The second-order valence-electron chi connectivity index (χ2n) is 5.69. The number of carboxylic acid groups (broad SMARTS) is 1. The van der Waals surface area contributed by atoms with Gasteiger partial charge in [0.15, 0.2) is 5.72 Å². The molecule has 112 valence electrons. The number of carbonyl (C=O) groups is 2. The zero-order valence-corrected chi connectivity index (χ0v) is 12.0. The van der Waals surface area contributed by atoms with Crippen molar-refractivity contribution in [3.05, 3.63) is 29.3 Å². The van der Waals surface area contributed by atoms with E-state index in [9.17, 15) is 9.59 Å². The van der Waals surface area contributed by atoms with E-state index >= 15 is 0 Å². The Labute approximate surface area is 122 Å². The van der Waals surface area contributed by atoms with Crippen molar-refractivity contribution in [2.24, 2.45) is 0 Å². The third kappa shape index (κ3) is 2.11. The van der Waals surface area contributed by atoms with Gasteiger partial charge in [-0.05, 0) is 31.5 Å². The number of carbonyl (C=O) groups excluding carboxylic acids is 1. The van der Waals surface area contributed by atoms with E-state index in [0.29, 0.717) is 18.7 Å². The van der Waals surface area contributed by atoms with Crippen molar-refractivity contribution in [1.82, 2.24) is 10.2 Å². The fourth-order valence-corrected chi connectivity index (χ4v) is 3.11. The average molecular weight is 290 g/mol. The second-order valence-corrected chi connectivity index (χ2v) is 5.69. The van der Waals surface area contributed by atoms with Crippen LogP contribution in [0.3, 0.4) is 0 Å². The largest absolute Gasteiger partial charge is 0.478 e. The van der Waals surface area contributed by atoms with Crippen LogP contribution in [0.1, 0.15) is 48.7 Å². The zero-order valence-electron chi connectivity index (χ0n) is 12.0. The molecule has 6 nitrogen and oxygen atoms in total. The summed E-state index contributed by atoms with van der Waals surface area (Å²) in [5.41, 5.74) is 0.254. The second kappa shape index (κ2) is 4.65. The van der Waals surface area contributed by atoms with Crippen molar-refractivity contribution in [3.8, 4) is 5.75 Å². The highest BCUT2D eigenvalue weighted by atomic mass is 16.5. The molecule has 2 aliphatic rings. The quantitative estimate of drug-likeness (QED) is 0.895. The van der Waals surface area contributed by atoms with E-state index in [2.05, 4.69) is 5.32 Å². The monoisotopic (exact) mass is 290 g/mol. The average Bonchev–Trinajstić information content (AvgIpc) is 2.42. The molecule has 0 spiro atoms. The predicted octanol–water partition coefficient (Wildman–Crippen LogP) is 2.36. The molecule has 1 aromatic rings. The molecule has 2 atom stereocenters. The number of carboxylic acids is 1. The fraction of sp³-hybridized carbons (Fsp3) is 0.467. The molecular weight excluding hydrogens is 272 g/mol. The normalized spacial score (nSPS) is 26.7. The molecule has 1 aromatic carbocycles. The Morgan fingerprint density at radius 1 is 1.57 bits per heavy atom. The smallest absolute Gasteiger partial charge is 0.335 e. The van der Waals surface area contributed by atoms with Gasteiger partial charge in [-0.3, -0.25) is 4.90 Å². The molecule has 21 heavy (non-hydrogen) atoms. The van der Waals surface area contributed by atoms with Gasteiger partial charge in [0.1, 0.15) is 5.75 Å². The summed E-state index contributed by atoms with van der Waals surface area (Å²) in [6, 6.07) is 4.40. The SMILES string of the molecule is CCCN1C(=O)NC2CC1(C)Oc1ccc(C(=O)O)cc12. The first-order chi connectivity index (χ1) is 9.94. The molecule has 0 saturated carbocycles. The van der Waals surface area contributed by atoms with Crippen molar-refractivity contribution in [1.29, 1.82) is 0 Å². The molecule has 2 heterocycles. The Kier molecular flexibility index (Phi) is 3.04. The minimum Gasteiger partial charge on any atom is -0.478 e. The van der Waals surface area contributed by atoms with Crippen LogP contribution in [-0.4, -0.2) is 34.3 Å². The number of aromatic carboxylic acids is 1. The van der Waals surface area contributed by atoms with Gasteiger partial charge in [-0.15, -0.1) is 0 Å². The maximum absolute atomic E-state index is 12.3. The fourth-order valence-electron chi connectivity index (χ4n) is 3.11. The van der Waals surface area contributed by atoms with E-state index in [0.717, 1.165) is 12.0 Å². The number of amides is 2. The zero-order chi connectivity index (χ0) is 15.2. The highest BCUT2D eigenvalue weighted by Crippen LogP contribution is 2.44. The summed E-state index contributed by atoms with van der Waals surface area (Å²) in [7, 11) is 0. The minimum absolute atomic E-state index is 0.165. The van der Waals surface area contributed by atoms with Crippen LogP contribution in [0, 0.1) is 0 Å². The van der Waals surface area contributed by atoms with E-state index < -0.39 is 11.7 Å². The summed E-state index contributed by atoms with van der Waals surface area (Å²) in [5.74, 6) is -0.347. The Morgan fingerprint density at radius 2 is 2.33 bits per heavy atom. The maximum Gasteiger partial charge on any atom is 0.335 e. The molecule has 0 aromatic heterocycles. The molecule has 2 amide bonds. The van der Waals surface area contributed by atoms with Gasteiger partial charge in [0.2, 0.25) is 0 Å². The molecular formula is C15H18N2O4. The van der Waals surface area contributed by atoms with E-state index in [-0.39, 0.29) is 17.6 Å². The van der Waals surface area contributed by atoms with E-state index in [1.165, 1.54) is 6.07 Å². The number of nitrogens with zero attached hydrogens (tertiary/aromatic N) is 1. The van der Waals surface area contributed by atoms with Crippen LogP contribution < -0.4 is 10.1 Å². The van der Waals surface area contributed by atoms with Crippen LogP contribution >= 0.6 is 0 Å². The van der Waals surface area contributed by atoms with E-state index in [1.807, 2.05) is 13.8 Å². The Bertz CT molecular complexity index is 616. The van der Waals surface area contributed by atoms with E-state index in [1.54, 1.807) is 17.0 Å². The minimum atomic E-state index is -0.985. The number of ether oxygens (including phenoxy) is 1. The lowest BCUT2D eigenvalue weighted by atomic mass is 9.89. The lowest BCUT2D eigenvalue weighted by Gasteiger charge is -2.50. The van der Waals surface area contributed by atoms with Crippen LogP contribution in [0.4, 0.5) is 4.79 Å². The lowest BCUT2D eigenvalue weighted by molar-refractivity contribution is -0.0836. The summed E-state index contributed by atoms with van der Waals surface area (Å²) in [6.07, 6.45) is 1.46. The molecule has 0 aliphatic carbocycles. The summed E-state index contributed by atoms with van der Waals surface area (Å²) < 4.78 is 6.03. The van der Waals surface area contributed by atoms with Crippen molar-refractivity contribution in [3.63, 3.8) is 0 Å². The van der Waals surface area contributed by atoms with Crippen LogP contribution in [0.15, 0.2) is 18.2 Å². The molecule has 1 saturated heterocycles. The molecule has 2 aliphatic heterocycles. The molecule has 1 fully saturated rings. The van der Waals surface area contributed by atoms with Gasteiger partial charge in [0.25, 0.3) is 0 Å². The van der Waals surface area contributed by atoms with Crippen LogP contribution in [0.5, 0.6) is 5.75 Å². The number of urea groups is 1. The Hall–Kier alpha value is -2.24. The third-order valence-electron chi connectivity index (χ3n) is 4.11. The first kappa shape index (κ1) is 13.7. The van der Waals surface area contributed by atoms with Gasteiger partial charge in [0.05, 0.1) is 11.6 Å². The van der Waals surface area contributed by atoms with Gasteiger partial charge in [0, 0.05) is 18.5 Å².